The number of methoxy groups -OCH3 is 1. The lowest BCUT2D eigenvalue weighted by atomic mass is 10.1. The van der Waals surface area contributed by atoms with E-state index in [4.69, 9.17) is 19.2 Å². The third-order valence-electron chi connectivity index (χ3n) is 5.96. The molecule has 3 rings (SSSR count). The molecule has 2 heterocycles. The highest BCUT2D eigenvalue weighted by Crippen LogP contribution is 2.32. The number of rotatable bonds is 15. The molecule has 13 heteroatoms. The molecule has 0 aliphatic carbocycles. The number of hydrogen-bond acceptors (Lipinski definition) is 9. The first-order valence-electron chi connectivity index (χ1n) is 13.0. The van der Waals surface area contributed by atoms with Gasteiger partial charge in [0.2, 0.25) is 10.0 Å². The molecular formula is C26H37N5O7S. The van der Waals surface area contributed by atoms with Gasteiger partial charge in [0.15, 0.2) is 5.52 Å². The van der Waals surface area contributed by atoms with Gasteiger partial charge in [0.25, 0.3) is 5.56 Å². The van der Waals surface area contributed by atoms with Gasteiger partial charge in [-0.25, -0.2) is 13.4 Å². The normalized spacial score (nSPS) is 11.8. The van der Waals surface area contributed by atoms with E-state index < -0.39 is 16.0 Å². The average molecular weight is 564 g/mol. The van der Waals surface area contributed by atoms with Crippen molar-refractivity contribution < 1.29 is 27.4 Å². The van der Waals surface area contributed by atoms with Crippen LogP contribution >= 0.6 is 0 Å². The maximum atomic E-state index is 13.7. The Morgan fingerprint density at radius 3 is 2.56 bits per heavy atom. The van der Waals surface area contributed by atoms with Crippen molar-refractivity contribution in [1.29, 1.82) is 0 Å². The van der Waals surface area contributed by atoms with Crippen LogP contribution in [0.4, 0.5) is 0 Å². The fourth-order valence-corrected chi connectivity index (χ4v) is 5.64. The van der Waals surface area contributed by atoms with Crippen molar-refractivity contribution in [1.82, 2.24) is 24.1 Å². The van der Waals surface area contributed by atoms with E-state index in [1.54, 1.807) is 13.1 Å². The third-order valence-corrected chi connectivity index (χ3v) is 7.85. The Bertz CT molecular complexity index is 1450. The molecule has 1 aromatic carbocycles. The summed E-state index contributed by atoms with van der Waals surface area (Å²) in [6.45, 7) is 6.06. The number of aromatic amines is 1. The third kappa shape index (κ3) is 7.22. The zero-order chi connectivity index (χ0) is 28.6. The van der Waals surface area contributed by atoms with Crippen LogP contribution in [-0.2, 0) is 37.8 Å². The van der Waals surface area contributed by atoms with Crippen LogP contribution in [-0.4, -0.2) is 78.5 Å². The second kappa shape index (κ2) is 13.7. The van der Waals surface area contributed by atoms with Crippen LogP contribution in [0.15, 0.2) is 27.9 Å². The fourth-order valence-electron chi connectivity index (χ4n) is 4.15. The summed E-state index contributed by atoms with van der Waals surface area (Å²) in [4.78, 5) is 31.8. The monoisotopic (exact) mass is 563 g/mol. The quantitative estimate of drug-likeness (QED) is 0.218. The number of ether oxygens (including phenoxy) is 3. The van der Waals surface area contributed by atoms with E-state index in [1.807, 2.05) is 13.8 Å². The lowest BCUT2D eigenvalue weighted by molar-refractivity contribution is -0.141. The lowest BCUT2D eigenvalue weighted by Crippen LogP contribution is -2.35. The van der Waals surface area contributed by atoms with E-state index in [9.17, 15) is 18.0 Å². The van der Waals surface area contributed by atoms with Gasteiger partial charge >= 0.3 is 5.97 Å². The zero-order valence-electron chi connectivity index (χ0n) is 23.2. The van der Waals surface area contributed by atoms with Gasteiger partial charge < -0.3 is 19.2 Å². The molecule has 12 nitrogen and oxygen atoms in total. The molecular weight excluding hydrogens is 526 g/mol. The number of aromatic nitrogens is 4. The fraction of sp³-hybridized carbons (Fsp3) is 0.538. The van der Waals surface area contributed by atoms with Crippen LogP contribution in [0.5, 0.6) is 5.75 Å². The molecule has 39 heavy (non-hydrogen) atoms. The second-order valence-electron chi connectivity index (χ2n) is 9.03. The second-order valence-corrected chi connectivity index (χ2v) is 11.0. The highest BCUT2D eigenvalue weighted by Gasteiger charge is 2.27. The van der Waals surface area contributed by atoms with Gasteiger partial charge in [-0.3, -0.25) is 14.3 Å². The summed E-state index contributed by atoms with van der Waals surface area (Å²) < 4.78 is 46.2. The number of H-pyrrole nitrogens is 1. The first-order chi connectivity index (χ1) is 18.6. The first kappa shape index (κ1) is 30.3. The topological polar surface area (TPSA) is 146 Å². The smallest absolute Gasteiger partial charge is 0.302 e. The van der Waals surface area contributed by atoms with Gasteiger partial charge in [-0.15, -0.1) is 0 Å². The zero-order valence-corrected chi connectivity index (χ0v) is 24.0. The van der Waals surface area contributed by atoms with E-state index in [1.165, 1.54) is 35.2 Å². The molecule has 2 aromatic heterocycles. The van der Waals surface area contributed by atoms with Gasteiger partial charge in [-0.05, 0) is 37.5 Å². The largest absolute Gasteiger partial charge is 0.493 e. The maximum absolute atomic E-state index is 13.7. The van der Waals surface area contributed by atoms with E-state index in [-0.39, 0.29) is 36.0 Å². The predicted molar refractivity (Wildman–Crippen MR) is 146 cm³/mol. The molecule has 0 amide bonds. The predicted octanol–water partition coefficient (Wildman–Crippen LogP) is 2.66. The number of esters is 1. The molecule has 0 aliphatic rings. The van der Waals surface area contributed by atoms with Crippen LogP contribution in [0.2, 0.25) is 0 Å². The summed E-state index contributed by atoms with van der Waals surface area (Å²) in [5.74, 6) is 0.0872. The minimum Gasteiger partial charge on any atom is -0.493 e. The number of sulfonamides is 1. The summed E-state index contributed by atoms with van der Waals surface area (Å²) in [6, 6.07) is 4.48. The van der Waals surface area contributed by atoms with Crippen LogP contribution in [0.25, 0.3) is 22.4 Å². The number of carbonyl (C=O) groups excluding carboxylic acids is 1. The Morgan fingerprint density at radius 1 is 1.13 bits per heavy atom. The molecule has 0 atom stereocenters. The molecule has 0 saturated heterocycles. The Hall–Kier alpha value is -3.29. The highest BCUT2D eigenvalue weighted by molar-refractivity contribution is 7.89. The number of hydrogen-bond donors (Lipinski definition) is 1. The summed E-state index contributed by atoms with van der Waals surface area (Å²) in [5, 5.41) is 4.46. The number of nitrogens with one attached hydrogen (secondary N) is 1. The SMILES string of the molecule is CCCOc1ccc(S(=O)(=O)N(CCCOC)CCOC(C)=O)cc1-c1nc2c(CCC)nn(C)c2c(=O)[nH]1. The van der Waals surface area contributed by atoms with Gasteiger partial charge in [-0.2, -0.15) is 9.40 Å². The van der Waals surface area contributed by atoms with Gasteiger partial charge in [0, 0.05) is 40.8 Å². The summed E-state index contributed by atoms with van der Waals surface area (Å²) >= 11 is 0. The number of fused-ring (bicyclic) bond motifs is 1. The molecule has 0 unspecified atom stereocenters. The summed E-state index contributed by atoms with van der Waals surface area (Å²) in [5.41, 5.74) is 1.46. The average Bonchev–Trinajstić information content (AvgIpc) is 3.21. The van der Waals surface area contributed by atoms with Crippen molar-refractivity contribution >= 4 is 27.0 Å². The minimum absolute atomic E-state index is 0.00990. The maximum Gasteiger partial charge on any atom is 0.302 e. The van der Waals surface area contributed by atoms with Gasteiger partial charge in [0.05, 0.1) is 22.8 Å². The Kier molecular flexibility index (Phi) is 10.6. The molecule has 0 aliphatic heterocycles. The van der Waals surface area contributed by atoms with Crippen molar-refractivity contribution in [2.24, 2.45) is 7.05 Å². The van der Waals surface area contributed by atoms with Crippen molar-refractivity contribution in [2.45, 2.75) is 51.3 Å². The van der Waals surface area contributed by atoms with Crippen molar-refractivity contribution in [2.75, 3.05) is 40.0 Å². The van der Waals surface area contributed by atoms with Crippen LogP contribution in [0, 0.1) is 0 Å². The summed E-state index contributed by atoms with van der Waals surface area (Å²) in [7, 11) is -0.789. The van der Waals surface area contributed by atoms with Crippen molar-refractivity contribution in [3.8, 4) is 17.1 Å². The molecule has 3 aromatic rings. The van der Waals surface area contributed by atoms with Crippen LogP contribution in [0.3, 0.4) is 0 Å². The van der Waals surface area contributed by atoms with Crippen molar-refractivity contribution in [3.63, 3.8) is 0 Å². The van der Waals surface area contributed by atoms with Crippen LogP contribution < -0.4 is 10.3 Å². The molecule has 214 valence electrons. The molecule has 1 N–H and O–H groups in total. The highest BCUT2D eigenvalue weighted by atomic mass is 32.2. The first-order valence-corrected chi connectivity index (χ1v) is 14.4. The van der Waals surface area contributed by atoms with E-state index in [2.05, 4.69) is 10.1 Å². The standard InChI is InChI=1S/C26H37N5O7S/c1-6-9-21-23-24(30(4)29-21)26(33)28-25(27-23)20-17-19(10-11-22(20)38-14-7-2)39(34,35)31(12-8-15-36-5)13-16-37-18(3)32/h10-11,17H,6-9,12-16H2,1-5H3,(H,27,28,33). The van der Waals surface area contributed by atoms with E-state index in [0.717, 1.165) is 12.8 Å². The number of aryl methyl sites for hydroxylation is 2. The molecule has 0 spiro atoms. The number of nitrogens with zero attached hydrogens (tertiary/aromatic N) is 4. The minimum atomic E-state index is -4.02. The van der Waals surface area contributed by atoms with Crippen molar-refractivity contribution in [3.05, 3.63) is 34.2 Å². The van der Waals surface area contributed by atoms with E-state index >= 15 is 0 Å². The van der Waals surface area contributed by atoms with Gasteiger partial charge in [0.1, 0.15) is 23.7 Å². The Balaban J connectivity index is 2.12. The molecule has 0 radical (unpaired) electrons. The number of carbonyl (C=O) groups is 1. The Morgan fingerprint density at radius 2 is 1.90 bits per heavy atom. The van der Waals surface area contributed by atoms with Crippen LogP contribution in [0.1, 0.15) is 45.7 Å². The summed E-state index contributed by atoms with van der Waals surface area (Å²) in [6.07, 6.45) is 2.64. The molecule has 0 saturated carbocycles. The Labute approximate surface area is 228 Å². The molecule has 0 fully saturated rings. The number of benzene rings is 1. The van der Waals surface area contributed by atoms with Gasteiger partial charge in [-0.1, -0.05) is 20.3 Å². The lowest BCUT2D eigenvalue weighted by Gasteiger charge is -2.22. The van der Waals surface area contributed by atoms with E-state index in [0.29, 0.717) is 54.1 Å². The molecule has 0 bridgehead atoms.